The molecule has 6 heteroatoms. The van der Waals surface area contributed by atoms with E-state index in [1.54, 1.807) is 13.0 Å². The van der Waals surface area contributed by atoms with E-state index in [2.05, 4.69) is 5.32 Å². The number of aliphatic hydroxyl groups excluding tert-OH is 1. The highest BCUT2D eigenvalue weighted by atomic mass is 19.4. The topological polar surface area (TPSA) is 35.5 Å². The molecular weight excluding hydrogens is 269 g/mol. The summed E-state index contributed by atoms with van der Waals surface area (Å²) in [6, 6.07) is 5.06. The van der Waals surface area contributed by atoms with E-state index in [0.717, 1.165) is 18.7 Å². The van der Waals surface area contributed by atoms with Gasteiger partial charge in [0.05, 0.1) is 17.7 Å². The summed E-state index contributed by atoms with van der Waals surface area (Å²) >= 11 is 0. The van der Waals surface area contributed by atoms with Gasteiger partial charge >= 0.3 is 6.18 Å². The molecule has 1 aromatic carbocycles. The van der Waals surface area contributed by atoms with Gasteiger partial charge in [-0.25, -0.2) is 0 Å². The maximum Gasteiger partial charge on any atom is 0.416 e. The number of benzene rings is 1. The van der Waals surface area contributed by atoms with Crippen LogP contribution in [-0.4, -0.2) is 43.8 Å². The Hall–Kier alpha value is -1.11. The third-order valence-electron chi connectivity index (χ3n) is 3.22. The molecule has 20 heavy (non-hydrogen) atoms. The van der Waals surface area contributed by atoms with Gasteiger partial charge in [0.2, 0.25) is 0 Å². The molecule has 2 N–H and O–H groups in total. The number of aliphatic hydroxyl groups is 1. The van der Waals surface area contributed by atoms with Crippen molar-refractivity contribution in [3.8, 4) is 0 Å². The van der Waals surface area contributed by atoms with E-state index in [1.807, 2.05) is 19.0 Å². The first-order valence-electron chi connectivity index (χ1n) is 6.37. The van der Waals surface area contributed by atoms with E-state index in [9.17, 15) is 18.3 Å². The highest BCUT2D eigenvalue weighted by Gasteiger charge is 2.33. The molecule has 0 aromatic heterocycles. The van der Waals surface area contributed by atoms with Crippen molar-refractivity contribution in [1.29, 1.82) is 0 Å². The van der Waals surface area contributed by atoms with Crippen LogP contribution < -0.4 is 5.32 Å². The maximum absolute atomic E-state index is 12.7. The van der Waals surface area contributed by atoms with Crippen molar-refractivity contribution in [2.45, 2.75) is 18.6 Å². The molecule has 0 saturated heterocycles. The van der Waals surface area contributed by atoms with Gasteiger partial charge in [0.1, 0.15) is 0 Å². The number of hydrogen-bond acceptors (Lipinski definition) is 3. The van der Waals surface area contributed by atoms with Crippen LogP contribution >= 0.6 is 0 Å². The van der Waals surface area contributed by atoms with Gasteiger partial charge in [0.15, 0.2) is 0 Å². The lowest BCUT2D eigenvalue weighted by atomic mass is 9.91. The fourth-order valence-electron chi connectivity index (χ4n) is 1.84. The van der Waals surface area contributed by atoms with Crippen LogP contribution in [0.3, 0.4) is 0 Å². The van der Waals surface area contributed by atoms with E-state index in [1.165, 1.54) is 6.07 Å². The molecular formula is C14H21F3N2O. The van der Waals surface area contributed by atoms with Crippen molar-refractivity contribution < 1.29 is 18.3 Å². The molecule has 0 radical (unpaired) electrons. The molecule has 1 atom stereocenters. The second kappa shape index (κ2) is 6.56. The molecule has 0 amide bonds. The molecule has 0 bridgehead atoms. The Kier molecular flexibility index (Phi) is 5.56. The van der Waals surface area contributed by atoms with E-state index < -0.39 is 17.3 Å². The summed E-state index contributed by atoms with van der Waals surface area (Å²) in [5.41, 5.74) is -1.17. The van der Waals surface area contributed by atoms with Gasteiger partial charge in [0.25, 0.3) is 0 Å². The Morgan fingerprint density at radius 3 is 2.30 bits per heavy atom. The summed E-state index contributed by atoms with van der Waals surface area (Å²) in [6.45, 7) is 2.72. The summed E-state index contributed by atoms with van der Waals surface area (Å²) < 4.78 is 38.2. The standard InChI is InChI=1S/C14H21F3N2O/c1-13(10-20,18-7-8-19(2)3)11-5-4-6-12(9-11)14(15,16)17/h4-6,9,18,20H,7-8,10H2,1-3H3. The van der Waals surface area contributed by atoms with Crippen LogP contribution in [0.1, 0.15) is 18.1 Å². The summed E-state index contributed by atoms with van der Waals surface area (Å²) in [5.74, 6) is 0. The van der Waals surface area contributed by atoms with E-state index in [0.29, 0.717) is 12.1 Å². The predicted octanol–water partition coefficient (Wildman–Crippen LogP) is 2.06. The van der Waals surface area contributed by atoms with Crippen LogP contribution in [0.4, 0.5) is 13.2 Å². The smallest absolute Gasteiger partial charge is 0.394 e. The molecule has 1 unspecified atom stereocenters. The summed E-state index contributed by atoms with van der Waals surface area (Å²) in [4.78, 5) is 1.96. The van der Waals surface area contributed by atoms with E-state index >= 15 is 0 Å². The van der Waals surface area contributed by atoms with Crippen molar-refractivity contribution in [3.63, 3.8) is 0 Å². The zero-order chi connectivity index (χ0) is 15.4. The minimum absolute atomic E-state index is 0.276. The summed E-state index contributed by atoms with van der Waals surface area (Å²) in [6.07, 6.45) is -4.38. The van der Waals surface area contributed by atoms with Crippen LogP contribution in [-0.2, 0) is 11.7 Å². The van der Waals surface area contributed by atoms with Gasteiger partial charge in [-0.1, -0.05) is 12.1 Å². The van der Waals surface area contributed by atoms with Gasteiger partial charge in [-0.2, -0.15) is 13.2 Å². The molecule has 0 saturated carbocycles. The lowest BCUT2D eigenvalue weighted by Gasteiger charge is -2.30. The largest absolute Gasteiger partial charge is 0.416 e. The molecule has 0 aliphatic rings. The highest BCUT2D eigenvalue weighted by molar-refractivity contribution is 5.31. The van der Waals surface area contributed by atoms with Crippen molar-refractivity contribution in [1.82, 2.24) is 10.2 Å². The monoisotopic (exact) mass is 290 g/mol. The van der Waals surface area contributed by atoms with Crippen LogP contribution in [0.25, 0.3) is 0 Å². The van der Waals surface area contributed by atoms with Crippen LogP contribution in [0.15, 0.2) is 24.3 Å². The lowest BCUT2D eigenvalue weighted by molar-refractivity contribution is -0.137. The Balaban J connectivity index is 2.93. The second-order valence-corrected chi connectivity index (χ2v) is 5.30. The second-order valence-electron chi connectivity index (χ2n) is 5.30. The number of hydrogen-bond donors (Lipinski definition) is 2. The minimum Gasteiger partial charge on any atom is -0.394 e. The Bertz CT molecular complexity index is 435. The molecule has 0 aliphatic carbocycles. The zero-order valence-corrected chi connectivity index (χ0v) is 12.0. The molecule has 0 fully saturated rings. The van der Waals surface area contributed by atoms with Gasteiger partial charge in [-0.3, -0.25) is 0 Å². The average Bonchev–Trinajstić information content (AvgIpc) is 2.37. The van der Waals surface area contributed by atoms with Gasteiger partial charge in [-0.15, -0.1) is 0 Å². The van der Waals surface area contributed by atoms with Gasteiger partial charge in [-0.05, 0) is 38.7 Å². The molecule has 0 aliphatic heterocycles. The molecule has 114 valence electrons. The molecule has 0 heterocycles. The molecule has 1 rings (SSSR count). The van der Waals surface area contributed by atoms with Crippen LogP contribution in [0.2, 0.25) is 0 Å². The number of nitrogens with zero attached hydrogens (tertiary/aromatic N) is 1. The van der Waals surface area contributed by atoms with Crippen molar-refractivity contribution in [3.05, 3.63) is 35.4 Å². The Morgan fingerprint density at radius 2 is 1.80 bits per heavy atom. The Morgan fingerprint density at radius 1 is 1.20 bits per heavy atom. The minimum atomic E-state index is -4.38. The first-order valence-corrected chi connectivity index (χ1v) is 6.37. The summed E-state index contributed by atoms with van der Waals surface area (Å²) in [7, 11) is 3.81. The SMILES string of the molecule is CN(C)CCNC(C)(CO)c1cccc(C(F)(F)F)c1. The number of likely N-dealkylation sites (N-methyl/N-ethyl adjacent to an activating group) is 1. The van der Waals surface area contributed by atoms with Gasteiger partial charge in [0, 0.05) is 13.1 Å². The third-order valence-corrected chi connectivity index (χ3v) is 3.22. The average molecular weight is 290 g/mol. The fraction of sp³-hybridized carbons (Fsp3) is 0.571. The summed E-state index contributed by atoms with van der Waals surface area (Å²) in [5, 5.41) is 12.7. The number of alkyl halides is 3. The van der Waals surface area contributed by atoms with Crippen LogP contribution in [0, 0.1) is 0 Å². The van der Waals surface area contributed by atoms with Crippen LogP contribution in [0.5, 0.6) is 0 Å². The quantitative estimate of drug-likeness (QED) is 0.842. The zero-order valence-electron chi connectivity index (χ0n) is 12.0. The number of rotatable bonds is 6. The first kappa shape index (κ1) is 16.9. The third kappa shape index (κ3) is 4.47. The lowest BCUT2D eigenvalue weighted by Crippen LogP contribution is -2.45. The van der Waals surface area contributed by atoms with Crippen molar-refractivity contribution in [2.75, 3.05) is 33.8 Å². The van der Waals surface area contributed by atoms with E-state index in [-0.39, 0.29) is 6.61 Å². The molecule has 0 spiro atoms. The molecule has 1 aromatic rings. The number of halogens is 3. The number of nitrogens with one attached hydrogen (secondary N) is 1. The van der Waals surface area contributed by atoms with Crippen molar-refractivity contribution >= 4 is 0 Å². The fourth-order valence-corrected chi connectivity index (χ4v) is 1.84. The normalized spacial score (nSPS) is 15.4. The predicted molar refractivity (Wildman–Crippen MR) is 72.4 cm³/mol. The molecule has 3 nitrogen and oxygen atoms in total. The maximum atomic E-state index is 12.7. The van der Waals surface area contributed by atoms with Crippen molar-refractivity contribution in [2.24, 2.45) is 0 Å². The highest BCUT2D eigenvalue weighted by Crippen LogP contribution is 2.32. The Labute approximate surface area is 117 Å². The first-order chi connectivity index (χ1) is 9.19. The van der Waals surface area contributed by atoms with E-state index in [4.69, 9.17) is 0 Å². The van der Waals surface area contributed by atoms with Gasteiger partial charge < -0.3 is 15.3 Å².